The zero-order valence-corrected chi connectivity index (χ0v) is 11.4. The van der Waals surface area contributed by atoms with Gasteiger partial charge >= 0.3 is 0 Å². The first-order valence-corrected chi connectivity index (χ1v) is 6.64. The highest BCUT2D eigenvalue weighted by Gasteiger charge is 2.02. The molecule has 0 aliphatic rings. The van der Waals surface area contributed by atoms with Gasteiger partial charge in [-0.25, -0.2) is 0 Å². The third-order valence-corrected chi connectivity index (χ3v) is 2.88. The van der Waals surface area contributed by atoms with Gasteiger partial charge in [0.2, 0.25) is 5.95 Å². The molecule has 0 unspecified atom stereocenters. The molecule has 1 aromatic carbocycles. The summed E-state index contributed by atoms with van der Waals surface area (Å²) in [6, 6.07) is 13.8. The summed E-state index contributed by atoms with van der Waals surface area (Å²) in [6.45, 7) is 1.22. The van der Waals surface area contributed by atoms with Gasteiger partial charge in [0.15, 0.2) is 5.82 Å². The zero-order chi connectivity index (χ0) is 14.3. The van der Waals surface area contributed by atoms with Crippen LogP contribution in [0.2, 0.25) is 0 Å². The summed E-state index contributed by atoms with van der Waals surface area (Å²) in [5.41, 5.74) is 1.18. The second kappa shape index (κ2) is 6.51. The predicted octanol–water partition coefficient (Wildman–Crippen LogP) is 2.69. The molecule has 6 nitrogen and oxygen atoms in total. The van der Waals surface area contributed by atoms with Crippen LogP contribution in [0.3, 0.4) is 0 Å². The molecule has 2 heterocycles. The summed E-state index contributed by atoms with van der Waals surface area (Å²) >= 11 is 0. The van der Waals surface area contributed by atoms with Crippen LogP contribution in [-0.4, -0.2) is 15.2 Å². The SMILES string of the molecule is c1ccc(CNc2cnnc(NCc3ccco3)n2)cc1. The normalized spacial score (nSPS) is 10.3. The molecule has 0 spiro atoms. The lowest BCUT2D eigenvalue weighted by molar-refractivity contribution is 0.517. The number of benzene rings is 1. The first-order chi connectivity index (χ1) is 10.4. The van der Waals surface area contributed by atoms with Gasteiger partial charge in [0.05, 0.1) is 19.0 Å². The molecule has 3 rings (SSSR count). The molecule has 0 saturated heterocycles. The zero-order valence-electron chi connectivity index (χ0n) is 11.4. The number of hydrogen-bond donors (Lipinski definition) is 2. The minimum absolute atomic E-state index is 0.462. The van der Waals surface area contributed by atoms with E-state index in [4.69, 9.17) is 4.42 Å². The monoisotopic (exact) mass is 281 g/mol. The summed E-state index contributed by atoms with van der Waals surface area (Å²) in [5.74, 6) is 1.96. The molecule has 0 aliphatic carbocycles. The Morgan fingerprint density at radius 1 is 0.952 bits per heavy atom. The predicted molar refractivity (Wildman–Crippen MR) is 79.6 cm³/mol. The van der Waals surface area contributed by atoms with Crippen LogP contribution < -0.4 is 10.6 Å². The highest BCUT2D eigenvalue weighted by molar-refractivity contribution is 5.38. The van der Waals surface area contributed by atoms with E-state index in [0.717, 1.165) is 5.76 Å². The maximum absolute atomic E-state index is 5.24. The highest BCUT2D eigenvalue weighted by Crippen LogP contribution is 2.08. The molecule has 0 aliphatic heterocycles. The Labute approximate surface area is 122 Å². The fourth-order valence-corrected chi connectivity index (χ4v) is 1.83. The number of rotatable bonds is 6. The van der Waals surface area contributed by atoms with Crippen molar-refractivity contribution in [3.05, 3.63) is 66.2 Å². The Balaban J connectivity index is 1.58. The summed E-state index contributed by atoms with van der Waals surface area (Å²) in [5, 5.41) is 14.2. The minimum atomic E-state index is 0.462. The highest BCUT2D eigenvalue weighted by atomic mass is 16.3. The molecule has 6 heteroatoms. The topological polar surface area (TPSA) is 75.9 Å². The first kappa shape index (κ1) is 13.1. The van der Waals surface area contributed by atoms with E-state index in [2.05, 4.69) is 37.9 Å². The van der Waals surface area contributed by atoms with Gasteiger partial charge in [0.25, 0.3) is 0 Å². The summed E-state index contributed by atoms with van der Waals surface area (Å²) in [4.78, 5) is 4.35. The summed E-state index contributed by atoms with van der Waals surface area (Å²) in [7, 11) is 0. The molecule has 0 saturated carbocycles. The lowest BCUT2D eigenvalue weighted by Gasteiger charge is -2.07. The second-order valence-corrected chi connectivity index (χ2v) is 4.44. The lowest BCUT2D eigenvalue weighted by Crippen LogP contribution is -2.07. The van der Waals surface area contributed by atoms with Crippen molar-refractivity contribution < 1.29 is 4.42 Å². The molecule has 0 fully saturated rings. The van der Waals surface area contributed by atoms with Gasteiger partial charge in [-0.15, -0.1) is 5.10 Å². The van der Waals surface area contributed by atoms with Gasteiger partial charge < -0.3 is 15.1 Å². The number of nitrogens with one attached hydrogen (secondary N) is 2. The third-order valence-electron chi connectivity index (χ3n) is 2.88. The Morgan fingerprint density at radius 3 is 2.67 bits per heavy atom. The van der Waals surface area contributed by atoms with Gasteiger partial charge in [0, 0.05) is 6.54 Å². The Hall–Kier alpha value is -2.89. The van der Waals surface area contributed by atoms with E-state index in [1.54, 1.807) is 12.5 Å². The third kappa shape index (κ3) is 3.79. The van der Waals surface area contributed by atoms with Gasteiger partial charge in [-0.1, -0.05) is 30.3 Å². The second-order valence-electron chi connectivity index (χ2n) is 4.44. The lowest BCUT2D eigenvalue weighted by atomic mass is 10.2. The van der Waals surface area contributed by atoms with Crippen molar-refractivity contribution in [2.75, 3.05) is 10.6 Å². The standard InChI is InChI=1S/C15H15N5O/c1-2-5-12(6-3-1)9-16-14-11-18-20-15(19-14)17-10-13-7-4-8-21-13/h1-8,11H,9-10H2,(H2,16,17,19,20). The fourth-order valence-electron chi connectivity index (χ4n) is 1.83. The largest absolute Gasteiger partial charge is 0.467 e. The van der Waals surface area contributed by atoms with Crippen LogP contribution in [0, 0.1) is 0 Å². The molecule has 0 amide bonds. The molecular formula is C15H15N5O. The Bertz CT molecular complexity index is 670. The van der Waals surface area contributed by atoms with Crippen molar-refractivity contribution in [2.45, 2.75) is 13.1 Å². The van der Waals surface area contributed by atoms with Crippen molar-refractivity contribution in [3.8, 4) is 0 Å². The minimum Gasteiger partial charge on any atom is -0.467 e. The maximum Gasteiger partial charge on any atom is 0.245 e. The average molecular weight is 281 g/mol. The van der Waals surface area contributed by atoms with Crippen LogP contribution in [0.4, 0.5) is 11.8 Å². The quantitative estimate of drug-likeness (QED) is 0.723. The summed E-state index contributed by atoms with van der Waals surface area (Å²) < 4.78 is 5.24. The van der Waals surface area contributed by atoms with E-state index in [9.17, 15) is 0 Å². The number of anilines is 2. The molecule has 106 valence electrons. The maximum atomic E-state index is 5.24. The van der Waals surface area contributed by atoms with Crippen molar-refractivity contribution in [1.82, 2.24) is 15.2 Å². The molecule has 0 radical (unpaired) electrons. The van der Waals surface area contributed by atoms with Crippen molar-refractivity contribution in [1.29, 1.82) is 0 Å². The van der Waals surface area contributed by atoms with Crippen LogP contribution in [0.25, 0.3) is 0 Å². The van der Waals surface area contributed by atoms with Gasteiger partial charge in [0.1, 0.15) is 5.76 Å². The van der Waals surface area contributed by atoms with Crippen molar-refractivity contribution in [2.24, 2.45) is 0 Å². The molecule has 3 aromatic rings. The van der Waals surface area contributed by atoms with Gasteiger partial charge in [-0.05, 0) is 17.7 Å². The molecule has 21 heavy (non-hydrogen) atoms. The summed E-state index contributed by atoms with van der Waals surface area (Å²) in [6.07, 6.45) is 3.23. The fraction of sp³-hybridized carbons (Fsp3) is 0.133. The molecular weight excluding hydrogens is 266 g/mol. The van der Waals surface area contributed by atoms with E-state index < -0.39 is 0 Å². The molecule has 2 aromatic heterocycles. The average Bonchev–Trinajstić information content (AvgIpc) is 3.06. The number of nitrogens with zero attached hydrogens (tertiary/aromatic N) is 3. The Kier molecular flexibility index (Phi) is 4.07. The van der Waals surface area contributed by atoms with E-state index in [1.165, 1.54) is 5.56 Å². The first-order valence-electron chi connectivity index (χ1n) is 6.64. The van der Waals surface area contributed by atoms with Crippen LogP contribution >= 0.6 is 0 Å². The van der Waals surface area contributed by atoms with E-state index in [1.807, 2.05) is 30.3 Å². The molecule has 0 bridgehead atoms. The van der Waals surface area contributed by atoms with E-state index in [-0.39, 0.29) is 0 Å². The number of hydrogen-bond acceptors (Lipinski definition) is 6. The molecule has 0 atom stereocenters. The van der Waals surface area contributed by atoms with Crippen molar-refractivity contribution >= 4 is 11.8 Å². The van der Waals surface area contributed by atoms with Gasteiger partial charge in [-0.3, -0.25) is 0 Å². The molecule has 2 N–H and O–H groups in total. The van der Waals surface area contributed by atoms with Crippen LogP contribution in [0.5, 0.6) is 0 Å². The van der Waals surface area contributed by atoms with Crippen LogP contribution in [-0.2, 0) is 13.1 Å². The van der Waals surface area contributed by atoms with Crippen LogP contribution in [0.15, 0.2) is 59.3 Å². The van der Waals surface area contributed by atoms with Gasteiger partial charge in [-0.2, -0.15) is 10.1 Å². The Morgan fingerprint density at radius 2 is 1.86 bits per heavy atom. The smallest absolute Gasteiger partial charge is 0.245 e. The van der Waals surface area contributed by atoms with Crippen molar-refractivity contribution in [3.63, 3.8) is 0 Å². The number of aromatic nitrogens is 3. The number of furan rings is 1. The van der Waals surface area contributed by atoms with E-state index >= 15 is 0 Å². The van der Waals surface area contributed by atoms with E-state index in [0.29, 0.717) is 24.9 Å². The van der Waals surface area contributed by atoms with Crippen LogP contribution in [0.1, 0.15) is 11.3 Å².